The highest BCUT2D eigenvalue weighted by molar-refractivity contribution is 6.06. The molecule has 0 aliphatic carbocycles. The number of hydrogen-bond acceptors (Lipinski definition) is 4. The van der Waals surface area contributed by atoms with E-state index >= 15 is 0 Å². The first kappa shape index (κ1) is 24.3. The molecule has 0 unspecified atom stereocenters. The zero-order valence-electron chi connectivity index (χ0n) is 19.9. The Morgan fingerprint density at radius 3 is 1.31 bits per heavy atom. The van der Waals surface area contributed by atoms with E-state index in [0.29, 0.717) is 22.5 Å². The lowest BCUT2D eigenvalue weighted by Crippen LogP contribution is -2.12. The van der Waals surface area contributed by atoms with Gasteiger partial charge in [0.05, 0.1) is 11.4 Å². The average molecular weight is 479 g/mol. The summed E-state index contributed by atoms with van der Waals surface area (Å²) in [6.07, 6.45) is 3.82. The molecule has 0 saturated heterocycles. The van der Waals surface area contributed by atoms with Crippen LogP contribution in [0.3, 0.4) is 0 Å². The molecule has 0 fully saturated rings. The van der Waals surface area contributed by atoms with Crippen molar-refractivity contribution in [3.63, 3.8) is 0 Å². The Bertz CT molecular complexity index is 1330. The van der Waals surface area contributed by atoms with Crippen LogP contribution < -0.4 is 10.6 Å². The number of anilines is 2. The van der Waals surface area contributed by atoms with Crippen molar-refractivity contribution in [1.82, 2.24) is 0 Å². The van der Waals surface area contributed by atoms with Crippen LogP contribution in [0.4, 0.5) is 11.4 Å². The number of aryl methyl sites for hydroxylation is 2. The van der Waals surface area contributed by atoms with Gasteiger partial charge in [0.1, 0.15) is 11.5 Å². The van der Waals surface area contributed by atoms with Gasteiger partial charge in [-0.25, -0.2) is 0 Å². The molecule has 0 aliphatic rings. The number of nitrogens with one attached hydrogen (secondary N) is 2. The maximum Gasteiger partial charge on any atom is 0.255 e. The molecule has 0 radical (unpaired) electrons. The van der Waals surface area contributed by atoms with E-state index in [1.165, 1.54) is 0 Å². The molecule has 4 rings (SSSR count). The van der Waals surface area contributed by atoms with Crippen LogP contribution in [-0.4, -0.2) is 22.0 Å². The van der Waals surface area contributed by atoms with Gasteiger partial charge in [0.25, 0.3) is 11.8 Å². The lowest BCUT2D eigenvalue weighted by Gasteiger charge is -2.08. The molecule has 6 heteroatoms. The third-order valence-electron chi connectivity index (χ3n) is 5.61. The molecular formula is C30H26N2O4. The Kier molecular flexibility index (Phi) is 7.16. The van der Waals surface area contributed by atoms with Gasteiger partial charge < -0.3 is 20.8 Å². The summed E-state index contributed by atoms with van der Waals surface area (Å²) in [4.78, 5) is 25.0. The van der Waals surface area contributed by atoms with Crippen LogP contribution in [-0.2, 0) is 0 Å². The number of phenolic OH excluding ortho intramolecular Hbond substituents is 2. The number of rotatable bonds is 6. The number of hydrogen-bond donors (Lipinski definition) is 4. The number of amides is 2. The van der Waals surface area contributed by atoms with E-state index in [0.717, 1.165) is 22.3 Å². The van der Waals surface area contributed by atoms with Gasteiger partial charge in [0.2, 0.25) is 0 Å². The molecule has 6 nitrogen and oxygen atoms in total. The second-order valence-electron chi connectivity index (χ2n) is 8.53. The van der Waals surface area contributed by atoms with E-state index < -0.39 is 0 Å². The normalized spacial score (nSPS) is 10.8. The van der Waals surface area contributed by atoms with Crippen LogP contribution in [0.1, 0.15) is 43.0 Å². The summed E-state index contributed by atoms with van der Waals surface area (Å²) in [6, 6.07) is 24.3. The standard InChI is InChI=1S/C30H26N2O4/c1-19-3-15-27(33)25(17-19)31-29(35)23-11-7-21(8-12-23)5-6-22-9-13-24(14-10-22)30(36)32-26-18-20(2)4-16-28(26)34/h3-18,33-34H,1-2H3,(H,31,35)(H,32,36)/b6-5+. The van der Waals surface area contributed by atoms with Crippen LogP contribution >= 0.6 is 0 Å². The molecule has 0 aliphatic heterocycles. The molecule has 0 heterocycles. The number of carbonyl (C=O) groups excluding carboxylic acids is 2. The predicted octanol–water partition coefficient (Wildman–Crippen LogP) is 6.39. The highest BCUT2D eigenvalue weighted by atomic mass is 16.3. The Morgan fingerprint density at radius 2 is 0.944 bits per heavy atom. The highest BCUT2D eigenvalue weighted by Gasteiger charge is 2.10. The van der Waals surface area contributed by atoms with Gasteiger partial charge in [0, 0.05) is 11.1 Å². The van der Waals surface area contributed by atoms with Gasteiger partial charge in [-0.2, -0.15) is 0 Å². The van der Waals surface area contributed by atoms with E-state index in [4.69, 9.17) is 0 Å². The molecule has 0 saturated carbocycles. The lowest BCUT2D eigenvalue weighted by molar-refractivity contribution is 0.101. The first-order valence-electron chi connectivity index (χ1n) is 11.4. The summed E-state index contributed by atoms with van der Waals surface area (Å²) in [5.74, 6) is -0.575. The fraction of sp³-hybridized carbons (Fsp3) is 0.0667. The zero-order chi connectivity index (χ0) is 25.7. The Hall–Kier alpha value is -4.84. The number of carbonyl (C=O) groups is 2. The van der Waals surface area contributed by atoms with Gasteiger partial charge >= 0.3 is 0 Å². The van der Waals surface area contributed by atoms with Crippen LogP contribution in [0, 0.1) is 13.8 Å². The Balaban J connectivity index is 1.37. The number of phenols is 2. The van der Waals surface area contributed by atoms with Crippen LogP contribution in [0.25, 0.3) is 12.2 Å². The van der Waals surface area contributed by atoms with E-state index in [-0.39, 0.29) is 23.3 Å². The summed E-state index contributed by atoms with van der Waals surface area (Å²) in [6.45, 7) is 3.77. The van der Waals surface area contributed by atoms with Crippen molar-refractivity contribution in [2.75, 3.05) is 10.6 Å². The molecule has 4 aromatic carbocycles. The predicted molar refractivity (Wildman–Crippen MR) is 143 cm³/mol. The van der Waals surface area contributed by atoms with E-state index in [2.05, 4.69) is 10.6 Å². The van der Waals surface area contributed by atoms with Gasteiger partial charge in [0.15, 0.2) is 0 Å². The Morgan fingerprint density at radius 1 is 0.583 bits per heavy atom. The summed E-state index contributed by atoms with van der Waals surface area (Å²) in [5, 5.41) is 25.3. The van der Waals surface area contributed by atoms with E-state index in [9.17, 15) is 19.8 Å². The van der Waals surface area contributed by atoms with Crippen molar-refractivity contribution in [1.29, 1.82) is 0 Å². The molecule has 180 valence electrons. The quantitative estimate of drug-likeness (QED) is 0.191. The molecule has 4 N–H and O–H groups in total. The molecule has 36 heavy (non-hydrogen) atoms. The average Bonchev–Trinajstić information content (AvgIpc) is 2.87. The molecule has 0 spiro atoms. The summed E-state index contributed by atoms with van der Waals surface area (Å²) >= 11 is 0. The largest absolute Gasteiger partial charge is 0.506 e. The van der Waals surface area contributed by atoms with E-state index in [1.54, 1.807) is 60.7 Å². The molecule has 0 atom stereocenters. The second kappa shape index (κ2) is 10.6. The van der Waals surface area contributed by atoms with Crippen LogP contribution in [0.2, 0.25) is 0 Å². The summed E-state index contributed by atoms with van der Waals surface area (Å²) < 4.78 is 0. The maximum absolute atomic E-state index is 12.5. The minimum atomic E-state index is -0.306. The zero-order valence-corrected chi connectivity index (χ0v) is 19.9. The third kappa shape index (κ3) is 5.98. The topological polar surface area (TPSA) is 98.7 Å². The molecule has 0 bridgehead atoms. The van der Waals surface area contributed by atoms with Gasteiger partial charge in [-0.15, -0.1) is 0 Å². The van der Waals surface area contributed by atoms with Gasteiger partial charge in [-0.05, 0) is 84.6 Å². The van der Waals surface area contributed by atoms with Crippen molar-refractivity contribution in [3.05, 3.63) is 118 Å². The van der Waals surface area contributed by atoms with Crippen molar-refractivity contribution in [3.8, 4) is 11.5 Å². The van der Waals surface area contributed by atoms with Crippen LogP contribution in [0.5, 0.6) is 11.5 Å². The second-order valence-corrected chi connectivity index (χ2v) is 8.53. The van der Waals surface area contributed by atoms with E-state index in [1.807, 2.05) is 50.3 Å². The van der Waals surface area contributed by atoms with Gasteiger partial charge in [-0.3, -0.25) is 9.59 Å². The molecular weight excluding hydrogens is 452 g/mol. The minimum absolute atomic E-state index is 0.0188. The molecule has 4 aromatic rings. The van der Waals surface area contributed by atoms with Crippen molar-refractivity contribution < 1.29 is 19.8 Å². The van der Waals surface area contributed by atoms with Crippen molar-refractivity contribution >= 4 is 35.3 Å². The lowest BCUT2D eigenvalue weighted by atomic mass is 10.1. The summed E-state index contributed by atoms with van der Waals surface area (Å²) in [7, 11) is 0. The molecule has 2 amide bonds. The maximum atomic E-state index is 12.5. The monoisotopic (exact) mass is 478 g/mol. The Labute approximate surface area is 209 Å². The minimum Gasteiger partial charge on any atom is -0.506 e. The SMILES string of the molecule is Cc1ccc(O)c(NC(=O)c2ccc(/C=C/c3ccc(C(=O)Nc4cc(C)ccc4O)cc3)cc2)c1. The summed E-state index contributed by atoms with van der Waals surface area (Å²) in [5.41, 5.74) is 5.37. The first-order chi connectivity index (χ1) is 17.3. The number of benzene rings is 4. The van der Waals surface area contributed by atoms with Gasteiger partial charge in [-0.1, -0.05) is 48.6 Å². The smallest absolute Gasteiger partial charge is 0.255 e. The van der Waals surface area contributed by atoms with Crippen molar-refractivity contribution in [2.24, 2.45) is 0 Å². The highest BCUT2D eigenvalue weighted by Crippen LogP contribution is 2.25. The fourth-order valence-corrected chi connectivity index (χ4v) is 3.57. The van der Waals surface area contributed by atoms with Crippen molar-refractivity contribution in [2.45, 2.75) is 13.8 Å². The third-order valence-corrected chi connectivity index (χ3v) is 5.61. The number of aromatic hydroxyl groups is 2. The first-order valence-corrected chi connectivity index (χ1v) is 11.4. The molecule has 0 aromatic heterocycles. The van der Waals surface area contributed by atoms with Crippen LogP contribution in [0.15, 0.2) is 84.9 Å². The fourth-order valence-electron chi connectivity index (χ4n) is 3.57.